The number of nitrogens with one attached hydrogen (secondary N) is 2. The van der Waals surface area contributed by atoms with Gasteiger partial charge >= 0.3 is 0 Å². The van der Waals surface area contributed by atoms with Crippen molar-refractivity contribution in [3.8, 4) is 46.7 Å². The number of methoxy groups -OCH3 is 1. The standard InChI is InChI=1S/C52H70N4O10S2/c1-30(2)44-27-68-67-26-42-41-24-40-32-12-17-38(60)23-37(59)16-11-31-13-19-45(61)48(65-29-58)39(31)9-6-7-34(21-32)47(49(40)66-50(41)62)64-28-54-52-20-5-4-8-36(52)22-33(46(25-57)63-3)10-14-35(52)15-18-43(42)55-51(53)56-44/h13,19,21,30,33,35-36,38,41-44,46,50,54,57-58,60-62H,4-5,7-8,10-12,14,16-17,20,22-29H2,1-3H3,(H3,53,55,56)/t33-,35-,36+,38+,41+,42-,43-,44+,46+,50+,52+/m0/s1. The Morgan fingerprint density at radius 1 is 0.985 bits per heavy atom. The quantitative estimate of drug-likeness (QED) is 0.109. The number of phenols is 1. The van der Waals surface area contributed by atoms with E-state index in [0.717, 1.165) is 61.8 Å². The number of benzene rings is 2. The second-order valence-corrected chi connectivity index (χ2v) is 22.4. The molecule has 2 fully saturated rings. The average molecular weight is 975 g/mol. The van der Waals surface area contributed by atoms with E-state index >= 15 is 0 Å². The van der Waals surface area contributed by atoms with Crippen LogP contribution >= 0.6 is 21.6 Å². The van der Waals surface area contributed by atoms with Crippen LogP contribution in [0.1, 0.15) is 106 Å². The van der Waals surface area contributed by atoms with E-state index in [-0.39, 0.29) is 91.6 Å². The molecule has 370 valence electrons. The number of aliphatic imine (C=N–C) groups is 1. The number of guanidine groups is 1. The maximum Gasteiger partial charge on any atom is 0.201 e. The number of carbonyl (C=O) groups is 1. The zero-order chi connectivity index (χ0) is 48.0. The van der Waals surface area contributed by atoms with Gasteiger partial charge in [-0.25, -0.2) is 4.99 Å². The number of phenolic OH excluding ortho intramolecular Hbond substituents is 1. The van der Waals surface area contributed by atoms with Gasteiger partial charge in [0, 0.05) is 72.3 Å². The molecule has 3 aliphatic carbocycles. The fourth-order valence-electron chi connectivity index (χ4n) is 11.7. The number of aromatic hydroxyl groups is 1. The van der Waals surface area contributed by atoms with E-state index in [1.54, 1.807) is 34.8 Å². The first-order valence-corrected chi connectivity index (χ1v) is 27.1. The number of carbonyl (C=O) groups excluding carboxylic acids is 1. The van der Waals surface area contributed by atoms with Crippen LogP contribution in [0.5, 0.6) is 23.0 Å². The van der Waals surface area contributed by atoms with E-state index in [2.05, 4.69) is 54.2 Å². The molecule has 0 aromatic heterocycles. The van der Waals surface area contributed by atoms with E-state index in [1.807, 2.05) is 0 Å². The van der Waals surface area contributed by atoms with Crippen LogP contribution < -0.4 is 30.6 Å². The van der Waals surface area contributed by atoms with Crippen LogP contribution in [0, 0.1) is 59.2 Å². The second kappa shape index (κ2) is 22.9. The minimum Gasteiger partial charge on any atom is -0.504 e. The predicted octanol–water partition coefficient (Wildman–Crippen LogP) is 4.99. The van der Waals surface area contributed by atoms with E-state index in [0.29, 0.717) is 65.6 Å². The summed E-state index contributed by atoms with van der Waals surface area (Å²) in [7, 11) is 5.20. The summed E-state index contributed by atoms with van der Waals surface area (Å²) in [5.74, 6) is 16.4. The highest BCUT2D eigenvalue weighted by atomic mass is 33.1. The molecule has 1 spiro atoms. The number of nitrogens with two attached hydrogens (primary N) is 1. The van der Waals surface area contributed by atoms with Gasteiger partial charge in [0.15, 0.2) is 35.8 Å². The Labute approximate surface area is 409 Å². The van der Waals surface area contributed by atoms with Crippen LogP contribution in [-0.2, 0) is 35.2 Å². The van der Waals surface area contributed by atoms with Gasteiger partial charge in [-0.15, -0.1) is 0 Å². The van der Waals surface area contributed by atoms with Crippen LogP contribution in [0.4, 0.5) is 0 Å². The molecule has 0 saturated heterocycles. The Kier molecular flexibility index (Phi) is 17.0. The van der Waals surface area contributed by atoms with Gasteiger partial charge in [0.2, 0.25) is 6.29 Å². The first kappa shape index (κ1) is 50.5. The molecule has 0 radical (unpaired) electrons. The number of aliphatic hydroxyl groups is 4. The van der Waals surface area contributed by atoms with E-state index in [9.17, 15) is 30.3 Å². The third kappa shape index (κ3) is 11.2. The number of aryl methyl sites for hydroxylation is 2. The molecule has 7 aliphatic rings. The summed E-state index contributed by atoms with van der Waals surface area (Å²) in [6.07, 6.45) is 5.84. The molecule has 4 aliphatic heterocycles. The molecule has 16 heteroatoms. The van der Waals surface area contributed by atoms with Crippen LogP contribution in [0.25, 0.3) is 0 Å². The van der Waals surface area contributed by atoms with E-state index in [1.165, 1.54) is 6.07 Å². The number of fused-ring (bicyclic) bond motifs is 6. The van der Waals surface area contributed by atoms with Gasteiger partial charge in [-0.3, -0.25) is 10.1 Å². The Morgan fingerprint density at radius 2 is 1.82 bits per heavy atom. The lowest BCUT2D eigenvalue weighted by atomic mass is 9.64. The lowest BCUT2D eigenvalue weighted by molar-refractivity contribution is -0.121. The molecular weight excluding hydrogens is 905 g/mol. The number of aliphatic hydroxyl groups excluding tert-OH is 4. The fraction of sp³-hybridized carbons (Fsp3) is 0.654. The molecule has 9 rings (SSSR count). The van der Waals surface area contributed by atoms with Gasteiger partial charge in [0.1, 0.15) is 12.5 Å². The average Bonchev–Trinajstić information content (AvgIpc) is 3.47. The van der Waals surface area contributed by atoms with Crippen molar-refractivity contribution in [1.29, 1.82) is 0 Å². The summed E-state index contributed by atoms with van der Waals surface area (Å²) in [6, 6.07) is 4.75. The highest BCUT2D eigenvalue weighted by molar-refractivity contribution is 8.76. The van der Waals surface area contributed by atoms with E-state index in [4.69, 9.17) is 29.7 Å². The maximum atomic E-state index is 13.3. The van der Waals surface area contributed by atoms with Gasteiger partial charge in [-0.1, -0.05) is 84.1 Å². The molecule has 0 amide bonds. The molecule has 11 atom stereocenters. The molecule has 0 unspecified atom stereocenters. The van der Waals surface area contributed by atoms with Crippen molar-refractivity contribution in [2.24, 2.45) is 46.2 Å². The normalized spacial score (nSPS) is 31.6. The van der Waals surface area contributed by atoms with Crippen molar-refractivity contribution < 1.29 is 49.3 Å². The number of ether oxygens (including phenoxy) is 4. The Bertz CT molecular complexity index is 2270. The molecule has 2 aromatic rings. The van der Waals surface area contributed by atoms with Crippen molar-refractivity contribution in [3.05, 3.63) is 46.0 Å². The third-order valence-corrected chi connectivity index (χ3v) is 18.0. The Balaban J connectivity index is 1.29. The van der Waals surface area contributed by atoms with Crippen LogP contribution in [0.3, 0.4) is 0 Å². The predicted molar refractivity (Wildman–Crippen MR) is 264 cm³/mol. The molecule has 6 bridgehead atoms. The van der Waals surface area contributed by atoms with E-state index < -0.39 is 36.7 Å². The van der Waals surface area contributed by atoms with Gasteiger partial charge in [-0.2, -0.15) is 0 Å². The number of rotatable bonds is 6. The zero-order valence-electron chi connectivity index (χ0n) is 39.6. The maximum absolute atomic E-state index is 13.3. The number of hydrogen-bond acceptors (Lipinski definition) is 16. The molecule has 9 N–H and O–H groups in total. The Hall–Kier alpha value is -3.84. The second-order valence-electron chi connectivity index (χ2n) is 19.8. The molecule has 2 saturated carbocycles. The molecule has 2 aromatic carbocycles. The number of hydrogen-bond donors (Lipinski definition) is 8. The summed E-state index contributed by atoms with van der Waals surface area (Å²) in [5.41, 5.74) is 9.90. The van der Waals surface area contributed by atoms with Crippen LogP contribution in [0.15, 0.2) is 23.2 Å². The first-order chi connectivity index (χ1) is 32.9. The van der Waals surface area contributed by atoms with Crippen LogP contribution in [-0.4, -0.2) is 112 Å². The fourth-order valence-corrected chi connectivity index (χ4v) is 14.5. The van der Waals surface area contributed by atoms with Gasteiger partial charge in [-0.05, 0) is 92.7 Å². The topological polar surface area (TPSA) is 218 Å². The van der Waals surface area contributed by atoms with Crippen molar-refractivity contribution in [1.82, 2.24) is 10.6 Å². The SMILES string of the molecule is CO[C@H](CO)[C@H]1CC[C@H]2C#C[C@@H]3NC(N)=N[C@@H](C(C)C)CSSC[C@H]3[C@H]3Cc4c5cc(c(c4O[C@H]3O)OCN[C@]23CCCC[C@@H]3C1)CC#Cc1c(ccc(O)c1OCO)CCC(=O)C[C@H](O)CC5. The third-order valence-electron chi connectivity index (χ3n) is 15.5. The summed E-state index contributed by atoms with van der Waals surface area (Å²) in [5, 5.41) is 62.3. The lowest BCUT2D eigenvalue weighted by Gasteiger charge is -2.48. The molecule has 4 heterocycles. The minimum absolute atomic E-state index is 0.00901. The van der Waals surface area contributed by atoms with Crippen molar-refractivity contribution in [2.45, 2.75) is 140 Å². The van der Waals surface area contributed by atoms with Gasteiger partial charge in [0.25, 0.3) is 0 Å². The summed E-state index contributed by atoms with van der Waals surface area (Å²) in [4.78, 5) is 18.3. The highest BCUT2D eigenvalue weighted by Crippen LogP contribution is 2.50. The zero-order valence-corrected chi connectivity index (χ0v) is 41.3. The summed E-state index contributed by atoms with van der Waals surface area (Å²) >= 11 is 0. The van der Waals surface area contributed by atoms with Gasteiger partial charge in [0.05, 0.1) is 36.5 Å². The van der Waals surface area contributed by atoms with Gasteiger partial charge < -0.3 is 55.5 Å². The smallest absolute Gasteiger partial charge is 0.201 e. The summed E-state index contributed by atoms with van der Waals surface area (Å²) < 4.78 is 25.1. The number of ketones is 1. The largest absolute Gasteiger partial charge is 0.504 e. The highest BCUT2D eigenvalue weighted by Gasteiger charge is 2.50. The van der Waals surface area contributed by atoms with Crippen molar-refractivity contribution >= 4 is 33.3 Å². The molecular formula is C52H70N4O10S2. The number of Topliss-reactive ketones (excluding diaryl/α,β-unsaturated/α-hetero) is 1. The first-order valence-electron chi connectivity index (χ1n) is 24.6. The monoisotopic (exact) mass is 974 g/mol. The van der Waals surface area contributed by atoms with Crippen molar-refractivity contribution in [2.75, 3.05) is 38.7 Å². The summed E-state index contributed by atoms with van der Waals surface area (Å²) in [6.45, 7) is 3.69. The Morgan fingerprint density at radius 3 is 2.62 bits per heavy atom. The minimum atomic E-state index is -1.25. The number of nitrogens with zero attached hydrogens (tertiary/aromatic N) is 1. The lowest BCUT2D eigenvalue weighted by Crippen LogP contribution is -2.58. The molecule has 14 nitrogen and oxygen atoms in total. The molecule has 68 heavy (non-hydrogen) atoms. The van der Waals surface area contributed by atoms with Crippen molar-refractivity contribution in [3.63, 3.8) is 0 Å². The van der Waals surface area contributed by atoms with Crippen LogP contribution in [0.2, 0.25) is 0 Å².